The van der Waals surface area contributed by atoms with Crippen molar-refractivity contribution >= 4 is 17.9 Å². The molecule has 148 valence electrons. The van der Waals surface area contributed by atoms with E-state index in [4.69, 9.17) is 4.74 Å². The number of para-hydroxylation sites is 1. The van der Waals surface area contributed by atoms with Crippen molar-refractivity contribution in [1.82, 2.24) is 10.9 Å². The Morgan fingerprint density at radius 3 is 2.29 bits per heavy atom. The van der Waals surface area contributed by atoms with E-state index in [1.165, 1.54) is 49.4 Å². The first-order chi connectivity index (χ1) is 13.2. The highest BCUT2D eigenvalue weighted by Gasteiger charge is 2.29. The zero-order chi connectivity index (χ0) is 20.7. The molecule has 9 heteroatoms. The lowest BCUT2D eigenvalue weighted by molar-refractivity contribution is -0.137. The van der Waals surface area contributed by atoms with E-state index in [1.54, 1.807) is 0 Å². The minimum absolute atomic E-state index is 0.112. The van der Waals surface area contributed by atoms with E-state index < -0.39 is 35.5 Å². The Kier molecular flexibility index (Phi) is 6.75. The molecular formula is C19H16F4N2O3. The van der Waals surface area contributed by atoms with Crippen molar-refractivity contribution in [1.29, 1.82) is 0 Å². The third-order valence-corrected chi connectivity index (χ3v) is 3.48. The second-order valence-corrected chi connectivity index (χ2v) is 5.62. The normalized spacial score (nSPS) is 12.5. The molecule has 0 saturated carbocycles. The fraction of sp³-hybridized carbons (Fsp3) is 0.158. The molecule has 0 heterocycles. The fourth-order valence-corrected chi connectivity index (χ4v) is 2.01. The van der Waals surface area contributed by atoms with Gasteiger partial charge in [0.05, 0.1) is 5.56 Å². The number of amides is 2. The van der Waals surface area contributed by atoms with Gasteiger partial charge in [-0.25, -0.2) is 4.39 Å². The summed E-state index contributed by atoms with van der Waals surface area (Å²) in [7, 11) is 0. The van der Waals surface area contributed by atoms with E-state index in [1.807, 2.05) is 0 Å². The second-order valence-electron chi connectivity index (χ2n) is 5.62. The zero-order valence-electron chi connectivity index (χ0n) is 14.6. The zero-order valence-corrected chi connectivity index (χ0v) is 14.6. The highest BCUT2D eigenvalue weighted by atomic mass is 19.4. The minimum atomic E-state index is -4.44. The molecule has 2 rings (SSSR count). The Labute approximate surface area is 158 Å². The topological polar surface area (TPSA) is 67.4 Å². The predicted octanol–water partition coefficient (Wildman–Crippen LogP) is 3.47. The number of carbonyl (C=O) groups is 2. The van der Waals surface area contributed by atoms with Crippen molar-refractivity contribution in [2.75, 3.05) is 0 Å². The number of benzene rings is 2. The summed E-state index contributed by atoms with van der Waals surface area (Å²) < 4.78 is 56.1. The molecule has 0 fully saturated rings. The Bertz CT molecular complexity index is 864. The maximum absolute atomic E-state index is 13.5. The van der Waals surface area contributed by atoms with Crippen LogP contribution in [0.15, 0.2) is 54.6 Å². The summed E-state index contributed by atoms with van der Waals surface area (Å²) in [6, 6.07) is 9.72. The van der Waals surface area contributed by atoms with Gasteiger partial charge in [-0.2, -0.15) is 13.2 Å². The Morgan fingerprint density at radius 1 is 1.04 bits per heavy atom. The third kappa shape index (κ3) is 6.11. The molecule has 2 amide bonds. The van der Waals surface area contributed by atoms with Crippen molar-refractivity contribution in [2.45, 2.75) is 19.2 Å². The van der Waals surface area contributed by atoms with Gasteiger partial charge in [0.25, 0.3) is 11.8 Å². The molecule has 28 heavy (non-hydrogen) atoms. The summed E-state index contributed by atoms with van der Waals surface area (Å²) in [6.07, 6.45) is -3.21. The lowest BCUT2D eigenvalue weighted by Gasteiger charge is -2.15. The smallest absolute Gasteiger partial charge is 0.416 e. The van der Waals surface area contributed by atoms with Gasteiger partial charge in [0.15, 0.2) is 17.7 Å². The van der Waals surface area contributed by atoms with Crippen LogP contribution in [-0.4, -0.2) is 17.9 Å². The van der Waals surface area contributed by atoms with Crippen molar-refractivity contribution in [2.24, 2.45) is 0 Å². The van der Waals surface area contributed by atoms with E-state index >= 15 is 0 Å². The lowest BCUT2D eigenvalue weighted by Crippen LogP contribution is -2.46. The van der Waals surface area contributed by atoms with Crippen LogP contribution in [0.3, 0.4) is 0 Å². The summed E-state index contributed by atoms with van der Waals surface area (Å²) >= 11 is 0. The van der Waals surface area contributed by atoms with Gasteiger partial charge in [-0.3, -0.25) is 20.4 Å². The first kappa shape index (κ1) is 20.9. The van der Waals surface area contributed by atoms with Crippen molar-refractivity contribution in [3.05, 3.63) is 71.6 Å². The van der Waals surface area contributed by atoms with Crippen molar-refractivity contribution in [3.63, 3.8) is 0 Å². The van der Waals surface area contributed by atoms with E-state index in [0.29, 0.717) is 5.56 Å². The maximum Gasteiger partial charge on any atom is 0.416 e. The SMILES string of the molecule is C[C@@H](Oc1ccccc1F)C(=O)NNC(=O)/C=C/c1ccc(C(F)(F)F)cc1. The molecular weight excluding hydrogens is 380 g/mol. The molecule has 0 aliphatic heterocycles. The van der Waals surface area contributed by atoms with Gasteiger partial charge in [0.1, 0.15) is 0 Å². The largest absolute Gasteiger partial charge is 0.478 e. The predicted molar refractivity (Wildman–Crippen MR) is 93.3 cm³/mol. The number of carbonyl (C=O) groups excluding carboxylic acids is 2. The molecule has 2 aromatic carbocycles. The lowest BCUT2D eigenvalue weighted by atomic mass is 10.1. The molecule has 1 atom stereocenters. The summed E-state index contributed by atoms with van der Waals surface area (Å²) in [5.41, 5.74) is 3.76. The van der Waals surface area contributed by atoms with Gasteiger partial charge in [-0.1, -0.05) is 24.3 Å². The van der Waals surface area contributed by atoms with Crippen LogP contribution < -0.4 is 15.6 Å². The van der Waals surface area contributed by atoms with Crippen LogP contribution in [0.1, 0.15) is 18.1 Å². The van der Waals surface area contributed by atoms with Gasteiger partial charge in [-0.15, -0.1) is 0 Å². The second kappa shape index (κ2) is 9.03. The van der Waals surface area contributed by atoms with E-state index in [0.717, 1.165) is 18.2 Å². The van der Waals surface area contributed by atoms with Crippen molar-refractivity contribution in [3.8, 4) is 5.75 Å². The highest BCUT2D eigenvalue weighted by molar-refractivity contribution is 5.93. The molecule has 0 radical (unpaired) electrons. The standard InChI is InChI=1S/C19H16F4N2O3/c1-12(28-16-5-3-2-4-15(16)20)18(27)25-24-17(26)11-8-13-6-9-14(10-7-13)19(21,22)23/h2-12H,1H3,(H,24,26)(H,25,27)/b11-8+/t12-/m1/s1. The third-order valence-electron chi connectivity index (χ3n) is 3.48. The maximum atomic E-state index is 13.5. The number of halogens is 4. The quantitative estimate of drug-likeness (QED) is 0.462. The van der Waals surface area contributed by atoms with Crippen LogP contribution in [0.4, 0.5) is 17.6 Å². The van der Waals surface area contributed by atoms with Crippen molar-refractivity contribution < 1.29 is 31.9 Å². The molecule has 0 aromatic heterocycles. The van der Waals surface area contributed by atoms with Gasteiger partial charge in [0.2, 0.25) is 0 Å². The molecule has 5 nitrogen and oxygen atoms in total. The summed E-state index contributed by atoms with van der Waals surface area (Å²) in [6.45, 7) is 1.37. The Morgan fingerprint density at radius 2 is 1.68 bits per heavy atom. The average Bonchev–Trinajstić information content (AvgIpc) is 2.65. The number of nitrogens with one attached hydrogen (secondary N) is 2. The molecule has 2 N–H and O–H groups in total. The minimum Gasteiger partial charge on any atom is -0.478 e. The fourth-order valence-electron chi connectivity index (χ4n) is 2.01. The Hall–Kier alpha value is -3.36. The first-order valence-corrected chi connectivity index (χ1v) is 8.03. The van der Waals surface area contributed by atoms with Gasteiger partial charge in [-0.05, 0) is 42.8 Å². The number of rotatable bonds is 5. The van der Waals surface area contributed by atoms with Crippen LogP contribution in [0.2, 0.25) is 0 Å². The molecule has 2 aromatic rings. The summed E-state index contributed by atoms with van der Waals surface area (Å²) in [5, 5.41) is 0. The van der Waals surface area contributed by atoms with E-state index in [9.17, 15) is 27.2 Å². The number of alkyl halides is 3. The van der Waals surface area contributed by atoms with Crippen LogP contribution in [0.5, 0.6) is 5.75 Å². The van der Waals surface area contributed by atoms with Crippen LogP contribution in [-0.2, 0) is 15.8 Å². The van der Waals surface area contributed by atoms with E-state index in [-0.39, 0.29) is 5.75 Å². The summed E-state index contributed by atoms with van der Waals surface area (Å²) in [5.74, 6) is -2.18. The molecule has 0 saturated heterocycles. The Balaban J connectivity index is 1.83. The molecule has 0 unspecified atom stereocenters. The summed E-state index contributed by atoms with van der Waals surface area (Å²) in [4.78, 5) is 23.6. The molecule has 0 aliphatic rings. The number of ether oxygens (including phenoxy) is 1. The van der Waals surface area contributed by atoms with Crippen LogP contribution >= 0.6 is 0 Å². The number of hydrazine groups is 1. The van der Waals surface area contributed by atoms with Gasteiger partial charge < -0.3 is 4.74 Å². The average molecular weight is 396 g/mol. The first-order valence-electron chi connectivity index (χ1n) is 8.03. The monoisotopic (exact) mass is 396 g/mol. The van der Waals surface area contributed by atoms with Crippen LogP contribution in [0.25, 0.3) is 6.08 Å². The molecule has 0 bridgehead atoms. The molecule has 0 spiro atoms. The number of hydrogen-bond donors (Lipinski definition) is 2. The molecule has 0 aliphatic carbocycles. The highest BCUT2D eigenvalue weighted by Crippen LogP contribution is 2.29. The van der Waals surface area contributed by atoms with Gasteiger partial charge in [0, 0.05) is 6.08 Å². The van der Waals surface area contributed by atoms with E-state index in [2.05, 4.69) is 10.9 Å². The van der Waals surface area contributed by atoms with Crippen LogP contribution in [0, 0.1) is 5.82 Å². The number of hydrogen-bond acceptors (Lipinski definition) is 3. The van der Waals surface area contributed by atoms with Gasteiger partial charge >= 0.3 is 6.18 Å².